The third-order valence-electron chi connectivity index (χ3n) is 2.49. The maximum atomic E-state index is 11.9. The number of nitrogens with two attached hydrogens (primary N) is 1. The van der Waals surface area contributed by atoms with Crippen LogP contribution in [-0.4, -0.2) is 39.0 Å². The van der Waals surface area contributed by atoms with E-state index in [0.29, 0.717) is 0 Å². The zero-order valence-corrected chi connectivity index (χ0v) is 14.4. The predicted octanol–water partition coefficient (Wildman–Crippen LogP) is 0.378. The lowest BCUT2D eigenvalue weighted by atomic mass is 10.2. The van der Waals surface area contributed by atoms with Crippen LogP contribution >= 0.6 is 11.6 Å². The van der Waals surface area contributed by atoms with Gasteiger partial charge in [-0.15, -0.1) is 0 Å². The molecule has 0 saturated carbocycles. The van der Waals surface area contributed by atoms with Gasteiger partial charge >= 0.3 is 12.0 Å². The zero-order chi connectivity index (χ0) is 18.5. The topological polar surface area (TPSA) is 145 Å². The summed E-state index contributed by atoms with van der Waals surface area (Å²) in [6.45, 7) is 2.65. The number of sulfonamides is 1. The number of esters is 1. The number of primary sulfonamides is 1. The van der Waals surface area contributed by atoms with Gasteiger partial charge in [-0.25, -0.2) is 23.1 Å². The molecular formula is C13H16ClN3O6S. The summed E-state index contributed by atoms with van der Waals surface area (Å²) in [5, 5.41) is 9.25. The van der Waals surface area contributed by atoms with Gasteiger partial charge in [0.05, 0.1) is 15.5 Å². The van der Waals surface area contributed by atoms with Crippen LogP contribution in [0.5, 0.6) is 0 Å². The second-order valence-corrected chi connectivity index (χ2v) is 6.91. The van der Waals surface area contributed by atoms with Crippen LogP contribution in [0.15, 0.2) is 23.1 Å². The highest BCUT2D eigenvalue weighted by Gasteiger charge is 2.18. The molecule has 0 saturated heterocycles. The zero-order valence-electron chi connectivity index (χ0n) is 12.8. The van der Waals surface area contributed by atoms with Crippen LogP contribution in [0.25, 0.3) is 0 Å². The van der Waals surface area contributed by atoms with E-state index in [-0.39, 0.29) is 21.5 Å². The van der Waals surface area contributed by atoms with E-state index < -0.39 is 34.5 Å². The lowest BCUT2D eigenvalue weighted by Crippen LogP contribution is -2.44. The number of urea groups is 1. The van der Waals surface area contributed by atoms with Crippen molar-refractivity contribution in [3.05, 3.63) is 28.8 Å². The van der Waals surface area contributed by atoms with Crippen molar-refractivity contribution >= 4 is 39.5 Å². The Morgan fingerprint density at radius 2 is 1.92 bits per heavy atom. The smallest absolute Gasteiger partial charge is 0.340 e. The fourth-order valence-corrected chi connectivity index (χ4v) is 2.24. The van der Waals surface area contributed by atoms with Crippen LogP contribution in [-0.2, 0) is 19.6 Å². The van der Waals surface area contributed by atoms with Gasteiger partial charge in [-0.1, -0.05) is 11.6 Å². The second kappa shape index (κ2) is 8.08. The van der Waals surface area contributed by atoms with Gasteiger partial charge in [-0.05, 0) is 32.0 Å². The van der Waals surface area contributed by atoms with Gasteiger partial charge in [0.2, 0.25) is 10.0 Å². The minimum Gasteiger partial charge on any atom is -0.452 e. The molecule has 0 aliphatic rings. The third-order valence-corrected chi connectivity index (χ3v) is 3.73. The monoisotopic (exact) mass is 377 g/mol. The van der Waals surface area contributed by atoms with E-state index in [1.807, 2.05) is 5.32 Å². The van der Waals surface area contributed by atoms with Gasteiger partial charge in [-0.2, -0.15) is 0 Å². The molecule has 24 heavy (non-hydrogen) atoms. The normalized spacial score (nSPS) is 11.0. The maximum absolute atomic E-state index is 11.9. The minimum absolute atomic E-state index is 0.0784. The number of benzene rings is 1. The lowest BCUT2D eigenvalue weighted by Gasteiger charge is -2.10. The molecule has 0 heterocycles. The summed E-state index contributed by atoms with van der Waals surface area (Å²) >= 11 is 5.80. The fraction of sp³-hybridized carbons (Fsp3) is 0.308. The molecule has 0 atom stereocenters. The van der Waals surface area contributed by atoms with E-state index in [1.165, 1.54) is 0 Å². The number of halogens is 1. The number of hydrogen-bond donors (Lipinski definition) is 3. The van der Waals surface area contributed by atoms with E-state index in [4.69, 9.17) is 21.5 Å². The van der Waals surface area contributed by atoms with Crippen LogP contribution < -0.4 is 15.8 Å². The van der Waals surface area contributed by atoms with Crippen molar-refractivity contribution in [2.45, 2.75) is 24.8 Å². The first kappa shape index (κ1) is 19.9. The molecule has 4 N–H and O–H groups in total. The quantitative estimate of drug-likeness (QED) is 0.632. The molecule has 1 rings (SSSR count). The summed E-state index contributed by atoms with van der Waals surface area (Å²) in [7, 11) is -4.03. The molecule has 9 nitrogen and oxygen atoms in total. The van der Waals surface area contributed by atoms with Crippen molar-refractivity contribution in [3.63, 3.8) is 0 Å². The Hall–Kier alpha value is -2.17. The number of nitrogens with one attached hydrogen (secondary N) is 2. The number of carbonyl (C=O) groups is 3. The largest absolute Gasteiger partial charge is 0.452 e. The SMILES string of the molecule is CC(C)NC(=O)NC(=O)COC(=O)c1cc(S(N)(=O)=O)ccc1Cl. The molecule has 0 fully saturated rings. The molecule has 132 valence electrons. The van der Waals surface area contributed by atoms with Crippen molar-refractivity contribution in [1.29, 1.82) is 0 Å². The summed E-state index contributed by atoms with van der Waals surface area (Å²) in [5.74, 6) is -1.90. The van der Waals surface area contributed by atoms with Crippen LogP contribution in [0.2, 0.25) is 5.02 Å². The molecule has 1 aromatic carbocycles. The Kier molecular flexibility index (Phi) is 6.70. The summed E-state index contributed by atoms with van der Waals surface area (Å²) in [6, 6.07) is 2.30. The van der Waals surface area contributed by atoms with Gasteiger partial charge in [0.25, 0.3) is 5.91 Å². The van der Waals surface area contributed by atoms with Gasteiger partial charge in [0.15, 0.2) is 6.61 Å². The highest BCUT2D eigenvalue weighted by molar-refractivity contribution is 7.89. The van der Waals surface area contributed by atoms with Crippen molar-refractivity contribution in [3.8, 4) is 0 Å². The Morgan fingerprint density at radius 1 is 1.29 bits per heavy atom. The predicted molar refractivity (Wildman–Crippen MR) is 84.9 cm³/mol. The van der Waals surface area contributed by atoms with Crippen LogP contribution in [0.1, 0.15) is 24.2 Å². The molecule has 0 aromatic heterocycles. The first-order valence-corrected chi connectivity index (χ1v) is 8.53. The standard InChI is InChI=1S/C13H16ClN3O6S/c1-7(2)16-13(20)17-11(18)6-23-12(19)9-5-8(24(15,21)22)3-4-10(9)14/h3-5,7H,6H2,1-2H3,(H2,15,21,22)(H2,16,17,18,20). The average molecular weight is 378 g/mol. The molecule has 0 unspecified atom stereocenters. The highest BCUT2D eigenvalue weighted by atomic mass is 35.5. The number of imide groups is 1. The third kappa shape index (κ3) is 6.14. The van der Waals surface area contributed by atoms with E-state index >= 15 is 0 Å². The van der Waals surface area contributed by atoms with Crippen molar-refractivity contribution < 1.29 is 27.5 Å². The first-order valence-electron chi connectivity index (χ1n) is 6.60. The van der Waals surface area contributed by atoms with Crippen molar-refractivity contribution in [2.24, 2.45) is 5.14 Å². The lowest BCUT2D eigenvalue weighted by molar-refractivity contribution is -0.123. The average Bonchev–Trinajstić information content (AvgIpc) is 2.42. The van der Waals surface area contributed by atoms with Gasteiger partial charge in [0.1, 0.15) is 0 Å². The van der Waals surface area contributed by atoms with Crippen LogP contribution in [0, 0.1) is 0 Å². The molecule has 0 spiro atoms. The Labute approximate surface area is 143 Å². The summed E-state index contributed by atoms with van der Waals surface area (Å²) < 4.78 is 27.2. The Bertz CT molecular complexity index is 763. The molecular weight excluding hydrogens is 362 g/mol. The number of amides is 3. The molecule has 0 aliphatic carbocycles. The van der Waals surface area contributed by atoms with E-state index in [1.54, 1.807) is 13.8 Å². The number of hydrogen-bond acceptors (Lipinski definition) is 6. The summed E-state index contributed by atoms with van der Waals surface area (Å²) in [4.78, 5) is 34.3. The van der Waals surface area contributed by atoms with Gasteiger partial charge in [0, 0.05) is 6.04 Å². The molecule has 0 aliphatic heterocycles. The summed E-state index contributed by atoms with van der Waals surface area (Å²) in [5.41, 5.74) is -0.275. The Morgan fingerprint density at radius 3 is 2.46 bits per heavy atom. The van der Waals surface area contributed by atoms with E-state index in [9.17, 15) is 22.8 Å². The molecule has 1 aromatic rings. The van der Waals surface area contributed by atoms with Crippen molar-refractivity contribution in [2.75, 3.05) is 6.61 Å². The van der Waals surface area contributed by atoms with E-state index in [2.05, 4.69) is 5.32 Å². The van der Waals surface area contributed by atoms with Crippen LogP contribution in [0.4, 0.5) is 4.79 Å². The van der Waals surface area contributed by atoms with E-state index in [0.717, 1.165) is 18.2 Å². The molecule has 3 amide bonds. The minimum atomic E-state index is -4.03. The van der Waals surface area contributed by atoms with Crippen LogP contribution in [0.3, 0.4) is 0 Å². The maximum Gasteiger partial charge on any atom is 0.340 e. The number of rotatable bonds is 5. The molecule has 0 radical (unpaired) electrons. The number of carbonyl (C=O) groups excluding carboxylic acids is 3. The van der Waals surface area contributed by atoms with Gasteiger partial charge < -0.3 is 10.1 Å². The van der Waals surface area contributed by atoms with Gasteiger partial charge in [-0.3, -0.25) is 10.1 Å². The first-order chi connectivity index (χ1) is 11.0. The van der Waals surface area contributed by atoms with Crippen molar-refractivity contribution in [1.82, 2.24) is 10.6 Å². The highest BCUT2D eigenvalue weighted by Crippen LogP contribution is 2.20. The Balaban J connectivity index is 2.72. The number of ether oxygens (including phenoxy) is 1. The molecule has 11 heteroatoms. The fourth-order valence-electron chi connectivity index (χ4n) is 1.51. The molecule has 0 bridgehead atoms. The summed E-state index contributed by atoms with van der Waals surface area (Å²) in [6.07, 6.45) is 0. The second-order valence-electron chi connectivity index (χ2n) is 4.94.